The van der Waals surface area contributed by atoms with E-state index in [0.717, 1.165) is 19.5 Å². The topological polar surface area (TPSA) is 43.8 Å². The van der Waals surface area contributed by atoms with Crippen LogP contribution in [0.2, 0.25) is 0 Å². The predicted octanol–water partition coefficient (Wildman–Crippen LogP) is 1.62. The van der Waals surface area contributed by atoms with Crippen LogP contribution in [-0.2, 0) is 6.54 Å². The summed E-state index contributed by atoms with van der Waals surface area (Å²) >= 11 is 0. The molecule has 0 spiro atoms. The zero-order chi connectivity index (χ0) is 11.8. The first kappa shape index (κ1) is 10.6. The molecule has 0 unspecified atom stereocenters. The standard InChI is InChI=1S/C13H16N2O2/c16-13(17)15-7-6-11-12(15)9-14(11)8-10-4-2-1-3-5-10/h1-5,11-12H,6-9H2,(H,16,17)/t11-,12-/m1/s1. The van der Waals surface area contributed by atoms with Gasteiger partial charge < -0.3 is 10.0 Å². The van der Waals surface area contributed by atoms with Crippen molar-refractivity contribution >= 4 is 6.09 Å². The fourth-order valence-corrected chi connectivity index (χ4v) is 2.96. The second-order valence-electron chi connectivity index (χ2n) is 4.81. The van der Waals surface area contributed by atoms with E-state index in [1.165, 1.54) is 5.56 Å². The van der Waals surface area contributed by atoms with Gasteiger partial charge in [-0.05, 0) is 12.0 Å². The zero-order valence-electron chi connectivity index (χ0n) is 9.62. The molecule has 1 amide bonds. The summed E-state index contributed by atoms with van der Waals surface area (Å²) in [6.45, 7) is 2.51. The van der Waals surface area contributed by atoms with Crippen LogP contribution in [0.15, 0.2) is 30.3 Å². The Kier molecular flexibility index (Phi) is 2.52. The number of fused-ring (bicyclic) bond motifs is 1. The number of hydrogen-bond donors (Lipinski definition) is 1. The molecule has 2 saturated heterocycles. The summed E-state index contributed by atoms with van der Waals surface area (Å²) < 4.78 is 0. The fourth-order valence-electron chi connectivity index (χ4n) is 2.96. The quantitative estimate of drug-likeness (QED) is 0.842. The first-order valence-electron chi connectivity index (χ1n) is 6.03. The third-order valence-electron chi connectivity index (χ3n) is 3.88. The maximum atomic E-state index is 11.0. The molecular formula is C13H16N2O2. The molecule has 0 saturated carbocycles. The van der Waals surface area contributed by atoms with E-state index in [9.17, 15) is 4.79 Å². The summed E-state index contributed by atoms with van der Waals surface area (Å²) in [5.74, 6) is 0. The van der Waals surface area contributed by atoms with Crippen LogP contribution in [0.5, 0.6) is 0 Å². The lowest BCUT2D eigenvalue weighted by atomic mass is 9.96. The average molecular weight is 232 g/mol. The van der Waals surface area contributed by atoms with Gasteiger partial charge in [-0.1, -0.05) is 30.3 Å². The Balaban J connectivity index is 1.62. The Hall–Kier alpha value is -1.55. The molecule has 2 atom stereocenters. The van der Waals surface area contributed by atoms with Crippen molar-refractivity contribution in [1.29, 1.82) is 0 Å². The van der Waals surface area contributed by atoms with E-state index >= 15 is 0 Å². The van der Waals surface area contributed by atoms with Crippen LogP contribution in [0, 0.1) is 0 Å². The summed E-state index contributed by atoms with van der Waals surface area (Å²) in [6.07, 6.45) is 0.209. The number of carbonyl (C=O) groups is 1. The van der Waals surface area contributed by atoms with Gasteiger partial charge in [-0.25, -0.2) is 4.79 Å². The molecule has 0 radical (unpaired) electrons. The third-order valence-corrected chi connectivity index (χ3v) is 3.88. The highest BCUT2D eigenvalue weighted by Crippen LogP contribution is 2.33. The highest BCUT2D eigenvalue weighted by atomic mass is 16.4. The Morgan fingerprint density at radius 1 is 1.29 bits per heavy atom. The van der Waals surface area contributed by atoms with Gasteiger partial charge in [0.2, 0.25) is 0 Å². The predicted molar refractivity (Wildman–Crippen MR) is 63.8 cm³/mol. The summed E-state index contributed by atoms with van der Waals surface area (Å²) in [5.41, 5.74) is 1.31. The SMILES string of the molecule is O=C(O)N1CC[C@@H]2[C@H]1CN2Cc1ccccc1. The summed E-state index contributed by atoms with van der Waals surface area (Å²) in [4.78, 5) is 14.9. The molecule has 2 heterocycles. The minimum absolute atomic E-state index is 0.233. The van der Waals surface area contributed by atoms with Crippen molar-refractivity contribution in [2.24, 2.45) is 0 Å². The number of likely N-dealkylation sites (tertiary alicyclic amines) is 2. The number of nitrogens with zero attached hydrogens (tertiary/aromatic N) is 2. The molecule has 90 valence electrons. The van der Waals surface area contributed by atoms with E-state index in [2.05, 4.69) is 17.0 Å². The van der Waals surface area contributed by atoms with E-state index in [0.29, 0.717) is 12.6 Å². The minimum Gasteiger partial charge on any atom is -0.465 e. The van der Waals surface area contributed by atoms with Gasteiger partial charge in [0.05, 0.1) is 6.04 Å². The van der Waals surface area contributed by atoms with Crippen molar-refractivity contribution in [3.63, 3.8) is 0 Å². The van der Waals surface area contributed by atoms with Crippen LogP contribution in [0.4, 0.5) is 4.79 Å². The molecule has 1 aromatic carbocycles. The monoisotopic (exact) mass is 232 g/mol. The molecule has 17 heavy (non-hydrogen) atoms. The molecule has 0 bridgehead atoms. The number of carboxylic acid groups (broad SMARTS) is 1. The van der Waals surface area contributed by atoms with E-state index < -0.39 is 6.09 Å². The van der Waals surface area contributed by atoms with Crippen molar-refractivity contribution in [1.82, 2.24) is 9.80 Å². The van der Waals surface area contributed by atoms with Crippen LogP contribution in [-0.4, -0.2) is 46.2 Å². The Labute approximate surface area is 100 Å². The number of benzene rings is 1. The van der Waals surface area contributed by atoms with Crippen LogP contribution in [0.25, 0.3) is 0 Å². The fraction of sp³-hybridized carbons (Fsp3) is 0.462. The first-order valence-corrected chi connectivity index (χ1v) is 6.03. The first-order chi connectivity index (χ1) is 8.25. The second kappa shape index (κ2) is 4.04. The van der Waals surface area contributed by atoms with Gasteiger partial charge in [0.1, 0.15) is 0 Å². The lowest BCUT2D eigenvalue weighted by Gasteiger charge is -2.46. The maximum Gasteiger partial charge on any atom is 0.407 e. The van der Waals surface area contributed by atoms with Gasteiger partial charge in [-0.3, -0.25) is 4.90 Å². The molecular weight excluding hydrogens is 216 g/mol. The lowest BCUT2D eigenvalue weighted by molar-refractivity contribution is 0.0195. The molecule has 2 aliphatic rings. The van der Waals surface area contributed by atoms with E-state index in [4.69, 9.17) is 5.11 Å². The smallest absolute Gasteiger partial charge is 0.407 e. The highest BCUT2D eigenvalue weighted by molar-refractivity contribution is 5.66. The molecule has 4 heteroatoms. The van der Waals surface area contributed by atoms with Crippen molar-refractivity contribution in [2.75, 3.05) is 13.1 Å². The van der Waals surface area contributed by atoms with Gasteiger partial charge in [0.25, 0.3) is 0 Å². The molecule has 2 fully saturated rings. The summed E-state index contributed by atoms with van der Waals surface area (Å²) in [5, 5.41) is 9.02. The van der Waals surface area contributed by atoms with Crippen LogP contribution >= 0.6 is 0 Å². The van der Waals surface area contributed by atoms with E-state index in [1.807, 2.05) is 18.2 Å². The molecule has 1 N–H and O–H groups in total. The Morgan fingerprint density at radius 2 is 2.06 bits per heavy atom. The molecule has 2 aliphatic heterocycles. The maximum absolute atomic E-state index is 11.0. The van der Waals surface area contributed by atoms with Crippen molar-refractivity contribution in [2.45, 2.75) is 25.0 Å². The van der Waals surface area contributed by atoms with E-state index in [1.54, 1.807) is 4.90 Å². The third kappa shape index (κ3) is 1.78. The normalized spacial score (nSPS) is 27.6. The molecule has 1 aromatic rings. The van der Waals surface area contributed by atoms with Gasteiger partial charge in [0, 0.05) is 25.7 Å². The molecule has 0 aromatic heterocycles. The van der Waals surface area contributed by atoms with Crippen molar-refractivity contribution < 1.29 is 9.90 Å². The largest absolute Gasteiger partial charge is 0.465 e. The molecule has 3 rings (SSSR count). The number of hydrogen-bond acceptors (Lipinski definition) is 2. The van der Waals surface area contributed by atoms with Crippen molar-refractivity contribution in [3.8, 4) is 0 Å². The number of rotatable bonds is 2. The average Bonchev–Trinajstić information content (AvgIpc) is 2.65. The van der Waals surface area contributed by atoms with Gasteiger partial charge in [-0.2, -0.15) is 0 Å². The molecule has 4 nitrogen and oxygen atoms in total. The summed E-state index contributed by atoms with van der Waals surface area (Å²) in [6, 6.07) is 11.0. The summed E-state index contributed by atoms with van der Waals surface area (Å²) in [7, 11) is 0. The lowest BCUT2D eigenvalue weighted by Crippen LogP contribution is -2.61. The Morgan fingerprint density at radius 3 is 2.76 bits per heavy atom. The molecule has 0 aliphatic carbocycles. The van der Waals surface area contributed by atoms with Crippen LogP contribution < -0.4 is 0 Å². The van der Waals surface area contributed by atoms with Crippen LogP contribution in [0.3, 0.4) is 0 Å². The Bertz CT molecular complexity index is 421. The van der Waals surface area contributed by atoms with Gasteiger partial charge >= 0.3 is 6.09 Å². The van der Waals surface area contributed by atoms with Crippen molar-refractivity contribution in [3.05, 3.63) is 35.9 Å². The zero-order valence-corrected chi connectivity index (χ0v) is 9.62. The second-order valence-corrected chi connectivity index (χ2v) is 4.81. The highest BCUT2D eigenvalue weighted by Gasteiger charge is 2.48. The number of amides is 1. The van der Waals surface area contributed by atoms with Gasteiger partial charge in [-0.15, -0.1) is 0 Å². The minimum atomic E-state index is -0.767. The van der Waals surface area contributed by atoms with Gasteiger partial charge in [0.15, 0.2) is 0 Å². The van der Waals surface area contributed by atoms with E-state index in [-0.39, 0.29) is 6.04 Å². The van der Waals surface area contributed by atoms with Crippen LogP contribution in [0.1, 0.15) is 12.0 Å².